The summed E-state index contributed by atoms with van der Waals surface area (Å²) in [4.78, 5) is 12.7. The molecular formula is C10H15NOS. The molecule has 1 aromatic rings. The number of thiophene rings is 1. The van der Waals surface area contributed by atoms with E-state index >= 15 is 0 Å². The van der Waals surface area contributed by atoms with Gasteiger partial charge in [-0.2, -0.15) is 0 Å². The van der Waals surface area contributed by atoms with Gasteiger partial charge in [-0.3, -0.25) is 4.79 Å². The number of nitrogens with two attached hydrogens (primary N) is 1. The second-order valence-corrected chi connectivity index (χ2v) is 5.54. The molecule has 1 aromatic heterocycles. The summed E-state index contributed by atoms with van der Waals surface area (Å²) < 4.78 is 0. The summed E-state index contributed by atoms with van der Waals surface area (Å²) in [5.74, 6) is -0.329. The van der Waals surface area contributed by atoms with Crippen molar-refractivity contribution < 1.29 is 4.79 Å². The van der Waals surface area contributed by atoms with Crippen molar-refractivity contribution >= 4 is 17.2 Å². The van der Waals surface area contributed by atoms with E-state index in [2.05, 4.69) is 20.8 Å². The summed E-state index contributed by atoms with van der Waals surface area (Å²) >= 11 is 1.49. The van der Waals surface area contributed by atoms with Crippen molar-refractivity contribution in [2.24, 2.45) is 11.1 Å². The molecule has 0 saturated carbocycles. The summed E-state index contributed by atoms with van der Waals surface area (Å²) in [5.41, 5.74) is 5.43. The molecule has 72 valence electrons. The van der Waals surface area contributed by atoms with Crippen LogP contribution in [-0.4, -0.2) is 5.91 Å². The van der Waals surface area contributed by atoms with E-state index in [1.165, 1.54) is 16.2 Å². The molecule has 0 spiro atoms. The van der Waals surface area contributed by atoms with Crippen molar-refractivity contribution in [2.45, 2.75) is 27.2 Å². The molecule has 1 rings (SSSR count). The van der Waals surface area contributed by atoms with Crippen molar-refractivity contribution in [3.8, 4) is 0 Å². The van der Waals surface area contributed by atoms with Crippen LogP contribution in [0, 0.1) is 5.41 Å². The highest BCUT2D eigenvalue weighted by atomic mass is 32.1. The first-order chi connectivity index (χ1) is 5.88. The van der Waals surface area contributed by atoms with Crippen LogP contribution in [0.2, 0.25) is 0 Å². The molecule has 0 aromatic carbocycles. The molecule has 1 amide bonds. The van der Waals surface area contributed by atoms with Crippen LogP contribution in [0.15, 0.2) is 12.1 Å². The van der Waals surface area contributed by atoms with E-state index in [0.29, 0.717) is 4.88 Å². The van der Waals surface area contributed by atoms with Crippen LogP contribution in [0.4, 0.5) is 0 Å². The normalized spacial score (nSPS) is 11.6. The quantitative estimate of drug-likeness (QED) is 0.777. The van der Waals surface area contributed by atoms with Gasteiger partial charge in [-0.15, -0.1) is 11.3 Å². The van der Waals surface area contributed by atoms with E-state index in [1.54, 1.807) is 6.07 Å². The molecule has 0 unspecified atom stereocenters. The highest BCUT2D eigenvalue weighted by Gasteiger charge is 2.13. The van der Waals surface area contributed by atoms with Gasteiger partial charge in [0.15, 0.2) is 0 Å². The molecule has 0 fully saturated rings. The molecule has 0 saturated heterocycles. The minimum absolute atomic E-state index is 0.264. The summed E-state index contributed by atoms with van der Waals surface area (Å²) in [6, 6.07) is 3.78. The van der Waals surface area contributed by atoms with Crippen LogP contribution < -0.4 is 5.73 Å². The molecule has 0 bridgehead atoms. The van der Waals surface area contributed by atoms with Gasteiger partial charge in [0.1, 0.15) is 0 Å². The molecule has 0 atom stereocenters. The largest absolute Gasteiger partial charge is 0.365 e. The van der Waals surface area contributed by atoms with Crippen molar-refractivity contribution in [3.05, 3.63) is 21.9 Å². The zero-order valence-corrected chi connectivity index (χ0v) is 9.07. The second-order valence-electron chi connectivity index (χ2n) is 4.37. The molecular weight excluding hydrogens is 182 g/mol. The monoisotopic (exact) mass is 197 g/mol. The summed E-state index contributed by atoms with van der Waals surface area (Å²) in [6.45, 7) is 6.53. The van der Waals surface area contributed by atoms with Crippen molar-refractivity contribution in [3.63, 3.8) is 0 Å². The summed E-state index contributed by atoms with van der Waals surface area (Å²) in [6.07, 6.45) is 0.991. The number of hydrogen-bond acceptors (Lipinski definition) is 2. The first kappa shape index (κ1) is 10.3. The Bertz CT molecular complexity index is 309. The smallest absolute Gasteiger partial charge is 0.258 e. The standard InChI is InChI=1S/C10H15NOS/c1-10(2,3)6-7-4-5-8(13-7)9(11)12/h4-5H,6H2,1-3H3,(H2,11,12). The minimum Gasteiger partial charge on any atom is -0.365 e. The van der Waals surface area contributed by atoms with Gasteiger partial charge in [0, 0.05) is 4.88 Å². The van der Waals surface area contributed by atoms with Crippen LogP contribution >= 0.6 is 11.3 Å². The molecule has 0 aliphatic heterocycles. The van der Waals surface area contributed by atoms with Gasteiger partial charge in [0.05, 0.1) is 4.88 Å². The lowest BCUT2D eigenvalue weighted by atomic mass is 9.92. The average Bonchev–Trinajstić information content (AvgIpc) is 2.31. The maximum Gasteiger partial charge on any atom is 0.258 e. The fourth-order valence-corrected chi connectivity index (χ4v) is 2.29. The Morgan fingerprint density at radius 1 is 1.46 bits per heavy atom. The van der Waals surface area contributed by atoms with Gasteiger partial charge in [0.25, 0.3) is 5.91 Å². The van der Waals surface area contributed by atoms with Crippen LogP contribution in [0.1, 0.15) is 35.3 Å². The number of rotatable bonds is 2. The van der Waals surface area contributed by atoms with E-state index in [-0.39, 0.29) is 11.3 Å². The van der Waals surface area contributed by atoms with Crippen molar-refractivity contribution in [2.75, 3.05) is 0 Å². The predicted octanol–water partition coefficient (Wildman–Crippen LogP) is 2.44. The average molecular weight is 197 g/mol. The fraction of sp³-hybridized carbons (Fsp3) is 0.500. The second kappa shape index (κ2) is 3.50. The molecule has 0 radical (unpaired) electrons. The predicted molar refractivity (Wildman–Crippen MR) is 56.0 cm³/mol. The Morgan fingerprint density at radius 2 is 2.08 bits per heavy atom. The minimum atomic E-state index is -0.329. The number of carbonyl (C=O) groups excluding carboxylic acids is 1. The van der Waals surface area contributed by atoms with Gasteiger partial charge in [-0.25, -0.2) is 0 Å². The SMILES string of the molecule is CC(C)(C)Cc1ccc(C(N)=O)s1. The van der Waals surface area contributed by atoms with Crippen LogP contribution in [0.5, 0.6) is 0 Å². The van der Waals surface area contributed by atoms with E-state index in [1.807, 2.05) is 6.07 Å². The molecule has 3 heteroatoms. The molecule has 2 nitrogen and oxygen atoms in total. The van der Waals surface area contributed by atoms with Crippen molar-refractivity contribution in [1.29, 1.82) is 0 Å². The molecule has 1 heterocycles. The lowest BCUT2D eigenvalue weighted by Gasteiger charge is -2.16. The molecule has 13 heavy (non-hydrogen) atoms. The van der Waals surface area contributed by atoms with Crippen LogP contribution in [0.3, 0.4) is 0 Å². The first-order valence-corrected chi connectivity index (χ1v) is 5.09. The van der Waals surface area contributed by atoms with E-state index in [0.717, 1.165) is 6.42 Å². The van der Waals surface area contributed by atoms with E-state index in [4.69, 9.17) is 5.73 Å². The Kier molecular flexibility index (Phi) is 2.76. The molecule has 2 N–H and O–H groups in total. The van der Waals surface area contributed by atoms with E-state index in [9.17, 15) is 4.79 Å². The van der Waals surface area contributed by atoms with Gasteiger partial charge in [-0.1, -0.05) is 20.8 Å². The number of hydrogen-bond donors (Lipinski definition) is 1. The first-order valence-electron chi connectivity index (χ1n) is 4.27. The zero-order chi connectivity index (χ0) is 10.1. The lowest BCUT2D eigenvalue weighted by Crippen LogP contribution is -2.09. The highest BCUT2D eigenvalue weighted by molar-refractivity contribution is 7.14. The molecule has 0 aliphatic carbocycles. The maximum atomic E-state index is 10.8. The Balaban J connectivity index is 2.75. The van der Waals surface area contributed by atoms with Gasteiger partial charge >= 0.3 is 0 Å². The Hall–Kier alpha value is -0.830. The third kappa shape index (κ3) is 3.19. The van der Waals surface area contributed by atoms with Gasteiger partial charge in [0.2, 0.25) is 0 Å². The van der Waals surface area contributed by atoms with Crippen molar-refractivity contribution in [1.82, 2.24) is 0 Å². The summed E-state index contributed by atoms with van der Waals surface area (Å²) in [7, 11) is 0. The Labute approximate surface area is 82.8 Å². The fourth-order valence-electron chi connectivity index (χ4n) is 1.13. The van der Waals surface area contributed by atoms with Crippen LogP contribution in [-0.2, 0) is 6.42 Å². The number of carbonyl (C=O) groups is 1. The number of amides is 1. The van der Waals surface area contributed by atoms with Crippen LogP contribution in [0.25, 0.3) is 0 Å². The zero-order valence-electron chi connectivity index (χ0n) is 8.26. The van der Waals surface area contributed by atoms with Gasteiger partial charge in [-0.05, 0) is 24.0 Å². The maximum absolute atomic E-state index is 10.8. The number of primary amides is 1. The third-order valence-electron chi connectivity index (χ3n) is 1.61. The van der Waals surface area contributed by atoms with Gasteiger partial charge < -0.3 is 5.73 Å². The Morgan fingerprint density at radius 3 is 2.46 bits per heavy atom. The third-order valence-corrected chi connectivity index (χ3v) is 2.71. The molecule has 0 aliphatic rings. The summed E-state index contributed by atoms with van der Waals surface area (Å²) in [5, 5.41) is 0. The highest BCUT2D eigenvalue weighted by Crippen LogP contribution is 2.25. The lowest BCUT2D eigenvalue weighted by molar-refractivity contribution is 0.100. The topological polar surface area (TPSA) is 43.1 Å². The van der Waals surface area contributed by atoms with E-state index < -0.39 is 0 Å².